The maximum absolute atomic E-state index is 5.36. The molecule has 0 saturated carbocycles. The van der Waals surface area contributed by atoms with E-state index in [-0.39, 0.29) is 0 Å². The maximum Gasteiger partial charge on any atom is 0.134 e. The third-order valence-electron chi connectivity index (χ3n) is 2.24. The minimum Gasteiger partial charge on any atom is -0.464 e. The van der Waals surface area contributed by atoms with Gasteiger partial charge in [-0.05, 0) is 30.3 Å². The van der Waals surface area contributed by atoms with Crippen molar-refractivity contribution in [3.63, 3.8) is 0 Å². The molecule has 0 radical (unpaired) electrons. The number of nitrogens with zero attached hydrogens (tertiary/aromatic N) is 1. The number of aromatic nitrogens is 2. The fourth-order valence-corrected chi connectivity index (χ4v) is 1.56. The first-order chi connectivity index (χ1) is 6.93. The van der Waals surface area contributed by atoms with Gasteiger partial charge in [0.1, 0.15) is 5.76 Å². The van der Waals surface area contributed by atoms with E-state index in [0.29, 0.717) is 0 Å². The summed E-state index contributed by atoms with van der Waals surface area (Å²) < 4.78 is 5.36. The molecule has 1 N–H and O–H groups in total. The van der Waals surface area contributed by atoms with Crippen molar-refractivity contribution >= 4 is 0 Å². The summed E-state index contributed by atoms with van der Waals surface area (Å²) in [7, 11) is 0. The predicted octanol–water partition coefficient (Wildman–Crippen LogP) is 2.77. The molecule has 0 spiro atoms. The lowest BCUT2D eigenvalue weighted by Gasteiger charge is -1.91. The van der Waals surface area contributed by atoms with Crippen LogP contribution in [0.15, 0.2) is 47.2 Å². The third-order valence-corrected chi connectivity index (χ3v) is 2.24. The summed E-state index contributed by atoms with van der Waals surface area (Å²) in [6.07, 6.45) is 3.42. The topological polar surface area (TPSA) is 41.8 Å². The zero-order valence-corrected chi connectivity index (χ0v) is 7.40. The normalized spacial score (nSPS) is 10.9. The molecular formula is C11H8N2O. The number of fused-ring (bicyclic) bond motifs is 1. The zero-order valence-electron chi connectivity index (χ0n) is 7.40. The van der Waals surface area contributed by atoms with Gasteiger partial charge >= 0.3 is 0 Å². The Balaban J connectivity index is 2.21. The van der Waals surface area contributed by atoms with Gasteiger partial charge in [-0.3, -0.25) is 5.10 Å². The van der Waals surface area contributed by atoms with Gasteiger partial charge < -0.3 is 4.42 Å². The molecule has 3 heteroatoms. The Hall–Kier alpha value is -2.03. The average Bonchev–Trinajstić information content (AvgIpc) is 2.86. The second-order valence-corrected chi connectivity index (χ2v) is 3.15. The Bertz CT molecular complexity index is 480. The summed E-state index contributed by atoms with van der Waals surface area (Å²) in [4.78, 5) is 0. The zero-order chi connectivity index (χ0) is 9.38. The van der Waals surface area contributed by atoms with Crippen molar-refractivity contribution in [1.29, 1.82) is 0 Å². The molecule has 3 rings (SSSR count). The number of hydrogen-bond acceptors (Lipinski definition) is 2. The lowest BCUT2D eigenvalue weighted by atomic mass is 10.2. The van der Waals surface area contributed by atoms with Crippen LogP contribution in [0, 0.1) is 0 Å². The smallest absolute Gasteiger partial charge is 0.134 e. The lowest BCUT2D eigenvalue weighted by molar-refractivity contribution is 0.567. The molecule has 0 atom stereocenters. The Kier molecular flexibility index (Phi) is 1.44. The number of aromatic amines is 1. The lowest BCUT2D eigenvalue weighted by Crippen LogP contribution is -1.71. The molecule has 0 saturated heterocycles. The van der Waals surface area contributed by atoms with Gasteiger partial charge in [0.2, 0.25) is 0 Å². The van der Waals surface area contributed by atoms with Gasteiger partial charge in [0.05, 0.1) is 12.0 Å². The molecule has 14 heavy (non-hydrogen) atoms. The number of hydrogen-bond donors (Lipinski definition) is 1. The molecule has 1 aromatic rings. The van der Waals surface area contributed by atoms with Crippen LogP contribution >= 0.6 is 0 Å². The molecule has 2 aliphatic rings. The van der Waals surface area contributed by atoms with Crippen molar-refractivity contribution in [3.05, 3.63) is 42.8 Å². The van der Waals surface area contributed by atoms with Crippen LogP contribution in [0.3, 0.4) is 0 Å². The summed E-state index contributed by atoms with van der Waals surface area (Å²) in [5, 5.41) is 6.84. The summed E-state index contributed by atoms with van der Waals surface area (Å²) >= 11 is 0. The largest absolute Gasteiger partial charge is 0.464 e. The quantitative estimate of drug-likeness (QED) is 0.631. The highest BCUT2D eigenvalue weighted by Crippen LogP contribution is 2.30. The third kappa shape index (κ3) is 1.03. The Morgan fingerprint density at radius 1 is 1.14 bits per heavy atom. The monoisotopic (exact) mass is 184 g/mol. The van der Waals surface area contributed by atoms with Crippen LogP contribution in [-0.4, -0.2) is 10.2 Å². The van der Waals surface area contributed by atoms with Crippen LogP contribution in [0.2, 0.25) is 0 Å². The minimum atomic E-state index is 0.900. The molecule has 1 aromatic heterocycles. The second kappa shape index (κ2) is 2.73. The van der Waals surface area contributed by atoms with Gasteiger partial charge in [0.25, 0.3) is 0 Å². The van der Waals surface area contributed by atoms with E-state index in [1.54, 1.807) is 12.5 Å². The Morgan fingerprint density at radius 3 is 2.93 bits per heavy atom. The van der Waals surface area contributed by atoms with E-state index < -0.39 is 0 Å². The molecule has 0 unspecified atom stereocenters. The van der Waals surface area contributed by atoms with Crippen LogP contribution < -0.4 is 0 Å². The molecule has 0 fully saturated rings. The first kappa shape index (κ1) is 7.38. The molecule has 0 amide bonds. The fourth-order valence-electron chi connectivity index (χ4n) is 1.56. The Morgan fingerprint density at radius 2 is 2.14 bits per heavy atom. The van der Waals surface area contributed by atoms with E-state index in [1.807, 2.05) is 24.3 Å². The highest BCUT2D eigenvalue weighted by molar-refractivity contribution is 5.74. The summed E-state index contributed by atoms with van der Waals surface area (Å²) in [5.74, 6) is 0.900. The summed E-state index contributed by atoms with van der Waals surface area (Å²) in [5.41, 5.74) is 3.22. The SMILES string of the molecule is c1coc2cc(-c3ccn[nH]3)cc-2c1. The van der Waals surface area contributed by atoms with Crippen LogP contribution in [0.5, 0.6) is 0 Å². The first-order valence-corrected chi connectivity index (χ1v) is 4.40. The van der Waals surface area contributed by atoms with Crippen molar-refractivity contribution in [1.82, 2.24) is 10.2 Å². The van der Waals surface area contributed by atoms with Crippen molar-refractivity contribution in [3.8, 4) is 22.6 Å². The van der Waals surface area contributed by atoms with Crippen molar-refractivity contribution in [2.75, 3.05) is 0 Å². The summed E-state index contributed by atoms with van der Waals surface area (Å²) in [6, 6.07) is 9.93. The van der Waals surface area contributed by atoms with Crippen molar-refractivity contribution in [2.45, 2.75) is 0 Å². The molecule has 2 heterocycles. The van der Waals surface area contributed by atoms with Gasteiger partial charge in [-0.25, -0.2) is 0 Å². The van der Waals surface area contributed by atoms with Crippen LogP contribution in [-0.2, 0) is 0 Å². The molecule has 0 aromatic carbocycles. The molecule has 0 bridgehead atoms. The highest BCUT2D eigenvalue weighted by Gasteiger charge is 2.09. The molecule has 1 aliphatic carbocycles. The van der Waals surface area contributed by atoms with E-state index >= 15 is 0 Å². The van der Waals surface area contributed by atoms with Crippen molar-refractivity contribution < 1.29 is 4.42 Å². The summed E-state index contributed by atoms with van der Waals surface area (Å²) in [6.45, 7) is 0. The average molecular weight is 184 g/mol. The number of nitrogens with one attached hydrogen (secondary N) is 1. The minimum absolute atomic E-state index is 0.900. The van der Waals surface area contributed by atoms with Crippen LogP contribution in [0.1, 0.15) is 0 Å². The second-order valence-electron chi connectivity index (χ2n) is 3.15. The number of rotatable bonds is 1. The molecule has 1 aliphatic heterocycles. The highest BCUT2D eigenvalue weighted by atomic mass is 16.3. The van der Waals surface area contributed by atoms with E-state index in [9.17, 15) is 0 Å². The van der Waals surface area contributed by atoms with Gasteiger partial charge in [0, 0.05) is 17.3 Å². The Labute approximate surface area is 80.7 Å². The molecular weight excluding hydrogens is 176 g/mol. The van der Waals surface area contributed by atoms with E-state index in [0.717, 1.165) is 22.6 Å². The van der Waals surface area contributed by atoms with Gasteiger partial charge in [-0.15, -0.1) is 0 Å². The standard InChI is InChI=1S/C11H8N2O/c1-2-8-6-9(7-11(8)14-5-1)10-3-4-12-13-10/h1-7H,(H,12,13). The molecule has 68 valence electrons. The maximum atomic E-state index is 5.36. The predicted molar refractivity (Wildman–Crippen MR) is 52.9 cm³/mol. The van der Waals surface area contributed by atoms with E-state index in [4.69, 9.17) is 4.42 Å². The van der Waals surface area contributed by atoms with Crippen LogP contribution in [0.25, 0.3) is 22.6 Å². The van der Waals surface area contributed by atoms with Gasteiger partial charge in [-0.2, -0.15) is 5.10 Å². The van der Waals surface area contributed by atoms with E-state index in [2.05, 4.69) is 16.3 Å². The van der Waals surface area contributed by atoms with Crippen LogP contribution in [0.4, 0.5) is 0 Å². The molecule has 3 nitrogen and oxygen atoms in total. The van der Waals surface area contributed by atoms with E-state index in [1.165, 1.54) is 0 Å². The van der Waals surface area contributed by atoms with Gasteiger partial charge in [-0.1, -0.05) is 0 Å². The number of H-pyrrole nitrogens is 1. The first-order valence-electron chi connectivity index (χ1n) is 4.40. The van der Waals surface area contributed by atoms with Crippen molar-refractivity contribution in [2.24, 2.45) is 0 Å². The van der Waals surface area contributed by atoms with Gasteiger partial charge in [0.15, 0.2) is 0 Å². The fraction of sp³-hybridized carbons (Fsp3) is 0.